The third-order valence-corrected chi connectivity index (χ3v) is 3.38. The van der Waals surface area contributed by atoms with Gasteiger partial charge in [0.1, 0.15) is 0 Å². The van der Waals surface area contributed by atoms with E-state index in [1.54, 1.807) is 24.3 Å². The fraction of sp³-hybridized carbons (Fsp3) is 0. The lowest BCUT2D eigenvalue weighted by molar-refractivity contribution is 0.102. The quantitative estimate of drug-likeness (QED) is 0.631. The largest absolute Gasteiger partial charge is 0.399 e. The molecule has 1 amide bonds. The highest BCUT2D eigenvalue weighted by atomic mass is 16.1. The number of hydrogen-bond donors (Lipinski definition) is 3. The Morgan fingerprint density at radius 3 is 1.91 bits per heavy atom. The number of benzene rings is 3. The summed E-state index contributed by atoms with van der Waals surface area (Å²) in [5.41, 5.74) is 9.55. The van der Waals surface area contributed by atoms with Crippen LogP contribution in [0.25, 0.3) is 0 Å². The van der Waals surface area contributed by atoms with E-state index in [4.69, 9.17) is 5.73 Å². The molecule has 0 heterocycles. The molecule has 0 aliphatic rings. The topological polar surface area (TPSA) is 67.2 Å². The summed E-state index contributed by atoms with van der Waals surface area (Å²) in [4.78, 5) is 12.1. The van der Waals surface area contributed by atoms with Gasteiger partial charge in [-0.05, 0) is 60.7 Å². The molecule has 0 aliphatic heterocycles. The van der Waals surface area contributed by atoms with Crippen LogP contribution >= 0.6 is 0 Å². The van der Waals surface area contributed by atoms with Crippen molar-refractivity contribution < 1.29 is 4.79 Å². The zero-order valence-electron chi connectivity index (χ0n) is 12.5. The minimum atomic E-state index is -0.159. The average Bonchev–Trinajstić information content (AvgIpc) is 2.58. The van der Waals surface area contributed by atoms with Crippen molar-refractivity contribution in [1.29, 1.82) is 0 Å². The second-order valence-corrected chi connectivity index (χ2v) is 5.14. The lowest BCUT2D eigenvalue weighted by Crippen LogP contribution is -2.11. The summed E-state index contributed by atoms with van der Waals surface area (Å²) in [6, 6.07) is 24.3. The van der Waals surface area contributed by atoms with Crippen LogP contribution in [0.3, 0.4) is 0 Å². The SMILES string of the molecule is Nc1ccc(C(=O)Nc2ccc(Nc3ccccc3)cc2)cc1. The average molecular weight is 303 g/mol. The Morgan fingerprint density at radius 2 is 1.26 bits per heavy atom. The van der Waals surface area contributed by atoms with Gasteiger partial charge in [-0.25, -0.2) is 0 Å². The van der Waals surface area contributed by atoms with Gasteiger partial charge in [0, 0.05) is 28.3 Å². The van der Waals surface area contributed by atoms with Crippen molar-refractivity contribution in [1.82, 2.24) is 0 Å². The van der Waals surface area contributed by atoms with Crippen LogP contribution in [-0.2, 0) is 0 Å². The predicted molar refractivity (Wildman–Crippen MR) is 95.0 cm³/mol. The summed E-state index contributed by atoms with van der Waals surface area (Å²) in [6.45, 7) is 0. The fourth-order valence-electron chi connectivity index (χ4n) is 2.16. The summed E-state index contributed by atoms with van der Waals surface area (Å²) < 4.78 is 0. The van der Waals surface area contributed by atoms with E-state index in [0.717, 1.165) is 17.1 Å². The highest BCUT2D eigenvalue weighted by molar-refractivity contribution is 6.04. The van der Waals surface area contributed by atoms with Crippen LogP contribution in [0.1, 0.15) is 10.4 Å². The zero-order chi connectivity index (χ0) is 16.1. The second-order valence-electron chi connectivity index (χ2n) is 5.14. The summed E-state index contributed by atoms with van der Waals surface area (Å²) in [7, 11) is 0. The van der Waals surface area contributed by atoms with E-state index in [0.29, 0.717) is 11.3 Å². The number of anilines is 4. The second kappa shape index (κ2) is 6.66. The van der Waals surface area contributed by atoms with Crippen molar-refractivity contribution in [2.24, 2.45) is 0 Å². The number of rotatable bonds is 4. The Kier molecular flexibility index (Phi) is 4.25. The molecule has 0 fully saturated rings. The Bertz CT molecular complexity index is 781. The maximum absolute atomic E-state index is 12.1. The molecule has 0 saturated carbocycles. The summed E-state index contributed by atoms with van der Waals surface area (Å²) in [5, 5.41) is 6.16. The van der Waals surface area contributed by atoms with E-state index >= 15 is 0 Å². The number of carbonyl (C=O) groups is 1. The molecule has 114 valence electrons. The van der Waals surface area contributed by atoms with E-state index < -0.39 is 0 Å². The van der Waals surface area contributed by atoms with E-state index in [-0.39, 0.29) is 5.91 Å². The minimum absolute atomic E-state index is 0.159. The summed E-state index contributed by atoms with van der Waals surface area (Å²) in [6.07, 6.45) is 0. The molecular formula is C19H17N3O. The lowest BCUT2D eigenvalue weighted by Gasteiger charge is -2.09. The van der Waals surface area contributed by atoms with Gasteiger partial charge < -0.3 is 16.4 Å². The summed E-state index contributed by atoms with van der Waals surface area (Å²) >= 11 is 0. The number of para-hydroxylation sites is 1. The number of hydrogen-bond acceptors (Lipinski definition) is 3. The normalized spacial score (nSPS) is 10.1. The van der Waals surface area contributed by atoms with Gasteiger partial charge in [-0.15, -0.1) is 0 Å². The first-order valence-electron chi connectivity index (χ1n) is 7.30. The van der Waals surface area contributed by atoms with Crippen LogP contribution in [0.4, 0.5) is 22.7 Å². The van der Waals surface area contributed by atoms with E-state index in [1.807, 2.05) is 54.6 Å². The van der Waals surface area contributed by atoms with Crippen LogP contribution in [0, 0.1) is 0 Å². The Morgan fingerprint density at radius 1 is 0.696 bits per heavy atom. The highest BCUT2D eigenvalue weighted by Gasteiger charge is 2.05. The number of amides is 1. The molecule has 0 saturated heterocycles. The Hall–Kier alpha value is -3.27. The van der Waals surface area contributed by atoms with Gasteiger partial charge >= 0.3 is 0 Å². The molecule has 0 atom stereocenters. The monoisotopic (exact) mass is 303 g/mol. The van der Waals surface area contributed by atoms with E-state index in [9.17, 15) is 4.79 Å². The van der Waals surface area contributed by atoms with Crippen molar-refractivity contribution in [2.75, 3.05) is 16.4 Å². The smallest absolute Gasteiger partial charge is 0.255 e. The van der Waals surface area contributed by atoms with Gasteiger partial charge in [-0.1, -0.05) is 18.2 Å². The van der Waals surface area contributed by atoms with E-state index in [1.165, 1.54) is 0 Å². The third-order valence-electron chi connectivity index (χ3n) is 3.38. The zero-order valence-corrected chi connectivity index (χ0v) is 12.5. The van der Waals surface area contributed by atoms with Crippen LogP contribution in [-0.4, -0.2) is 5.91 Å². The first kappa shape index (κ1) is 14.7. The van der Waals surface area contributed by atoms with E-state index in [2.05, 4.69) is 10.6 Å². The van der Waals surface area contributed by atoms with Gasteiger partial charge in [-0.2, -0.15) is 0 Å². The minimum Gasteiger partial charge on any atom is -0.399 e. The van der Waals surface area contributed by atoms with Crippen LogP contribution in [0.2, 0.25) is 0 Å². The van der Waals surface area contributed by atoms with Crippen molar-refractivity contribution in [2.45, 2.75) is 0 Å². The molecule has 3 rings (SSSR count). The molecule has 0 spiro atoms. The first-order valence-corrected chi connectivity index (χ1v) is 7.30. The van der Waals surface area contributed by atoms with Crippen molar-refractivity contribution in [3.8, 4) is 0 Å². The standard InChI is InChI=1S/C19H17N3O/c20-15-8-6-14(7-9-15)19(23)22-18-12-10-17(11-13-18)21-16-4-2-1-3-5-16/h1-13,21H,20H2,(H,22,23). The van der Waals surface area contributed by atoms with Crippen molar-refractivity contribution >= 4 is 28.7 Å². The molecule has 0 radical (unpaired) electrons. The third kappa shape index (κ3) is 3.89. The number of nitrogens with one attached hydrogen (secondary N) is 2. The molecule has 4 N–H and O–H groups in total. The molecule has 23 heavy (non-hydrogen) atoms. The van der Waals surface area contributed by atoms with Gasteiger partial charge in [0.05, 0.1) is 0 Å². The molecule has 0 bridgehead atoms. The number of nitrogens with two attached hydrogens (primary N) is 1. The molecule has 0 aliphatic carbocycles. The maximum Gasteiger partial charge on any atom is 0.255 e. The molecule has 0 aromatic heterocycles. The molecule has 0 unspecified atom stereocenters. The molecule has 3 aromatic rings. The van der Waals surface area contributed by atoms with Gasteiger partial charge in [0.25, 0.3) is 5.91 Å². The summed E-state index contributed by atoms with van der Waals surface area (Å²) in [5.74, 6) is -0.159. The highest BCUT2D eigenvalue weighted by Crippen LogP contribution is 2.19. The van der Waals surface area contributed by atoms with Gasteiger partial charge in [0.2, 0.25) is 0 Å². The van der Waals surface area contributed by atoms with Crippen LogP contribution in [0.15, 0.2) is 78.9 Å². The van der Waals surface area contributed by atoms with Crippen molar-refractivity contribution in [3.05, 3.63) is 84.4 Å². The molecule has 4 heteroatoms. The first-order chi connectivity index (χ1) is 11.2. The molecular weight excluding hydrogens is 286 g/mol. The van der Waals surface area contributed by atoms with Crippen LogP contribution < -0.4 is 16.4 Å². The Labute approximate surface area is 135 Å². The van der Waals surface area contributed by atoms with Gasteiger partial charge in [-0.3, -0.25) is 4.79 Å². The Balaban J connectivity index is 1.65. The van der Waals surface area contributed by atoms with Gasteiger partial charge in [0.15, 0.2) is 0 Å². The maximum atomic E-state index is 12.1. The number of nitrogen functional groups attached to an aromatic ring is 1. The fourth-order valence-corrected chi connectivity index (χ4v) is 2.16. The number of carbonyl (C=O) groups excluding carboxylic acids is 1. The predicted octanol–water partition coefficient (Wildman–Crippen LogP) is 4.26. The lowest BCUT2D eigenvalue weighted by atomic mass is 10.2. The van der Waals surface area contributed by atoms with Crippen LogP contribution in [0.5, 0.6) is 0 Å². The van der Waals surface area contributed by atoms with Crippen molar-refractivity contribution in [3.63, 3.8) is 0 Å². The molecule has 3 aromatic carbocycles. The molecule has 4 nitrogen and oxygen atoms in total.